The lowest BCUT2D eigenvalue weighted by Crippen LogP contribution is -2.15. The summed E-state index contributed by atoms with van der Waals surface area (Å²) in [4.78, 5) is 10.4. The van der Waals surface area contributed by atoms with E-state index in [1.54, 1.807) is 6.92 Å². The Morgan fingerprint density at radius 2 is 1.11 bits per heavy atom. The molecule has 170 valence electrons. The summed E-state index contributed by atoms with van der Waals surface area (Å²) in [5, 5.41) is 25.6. The Kier molecular flexibility index (Phi) is 27.0. The van der Waals surface area contributed by atoms with Gasteiger partial charge in [0.15, 0.2) is 0 Å². The minimum atomic E-state index is -0.717. The molecule has 11 heteroatoms. The lowest BCUT2D eigenvalue weighted by Gasteiger charge is -2.07. The third kappa shape index (κ3) is 29.7. The predicted octanol–water partition coefficient (Wildman–Crippen LogP) is -0.796. The quantitative estimate of drug-likeness (QED) is 0.191. The molecule has 1 atom stereocenters. The second-order valence-corrected chi connectivity index (χ2v) is 5.12. The molecule has 0 aromatic heterocycles. The molecule has 0 aromatic carbocycles. The Labute approximate surface area is 166 Å². The molecule has 0 saturated heterocycles. The molecule has 0 amide bonds. The molecule has 0 spiro atoms. The molecule has 1 unspecified atom stereocenters. The van der Waals surface area contributed by atoms with Crippen LogP contribution in [0.1, 0.15) is 6.92 Å². The van der Waals surface area contributed by atoms with Crippen molar-refractivity contribution in [1.82, 2.24) is 0 Å². The molecule has 11 nitrogen and oxygen atoms in total. The van der Waals surface area contributed by atoms with Gasteiger partial charge >= 0.3 is 6.16 Å². The van der Waals surface area contributed by atoms with Crippen molar-refractivity contribution in [2.24, 2.45) is 0 Å². The van der Waals surface area contributed by atoms with E-state index in [1.807, 2.05) is 0 Å². The van der Waals surface area contributed by atoms with Crippen molar-refractivity contribution < 1.29 is 53.3 Å². The first-order chi connectivity index (χ1) is 13.6. The Balaban J connectivity index is 0. The van der Waals surface area contributed by atoms with Gasteiger partial charge < -0.3 is 48.5 Å². The van der Waals surface area contributed by atoms with Gasteiger partial charge in [-0.15, -0.1) is 0 Å². The van der Waals surface area contributed by atoms with Crippen molar-refractivity contribution in [3.05, 3.63) is 0 Å². The topological polar surface area (TPSA) is 142 Å². The van der Waals surface area contributed by atoms with Crippen LogP contribution in [0, 0.1) is 0 Å². The molecule has 0 saturated carbocycles. The van der Waals surface area contributed by atoms with E-state index in [0.717, 1.165) is 0 Å². The zero-order valence-corrected chi connectivity index (χ0v) is 16.9. The molecular weight excluding hydrogens is 380 g/mol. The first kappa shape index (κ1) is 29.2. The number of aliphatic hydroxyl groups is 3. The summed E-state index contributed by atoms with van der Waals surface area (Å²) >= 11 is 0. The Bertz CT molecular complexity index is 303. The van der Waals surface area contributed by atoms with E-state index in [1.165, 1.54) is 7.11 Å². The summed E-state index contributed by atoms with van der Waals surface area (Å²) in [7, 11) is 1.24. The van der Waals surface area contributed by atoms with Gasteiger partial charge in [0.2, 0.25) is 0 Å². The number of ether oxygens (including phenoxy) is 7. The molecule has 3 N–H and O–H groups in total. The maximum absolute atomic E-state index is 10.4. The van der Waals surface area contributed by atoms with Gasteiger partial charge in [-0.05, 0) is 6.92 Å². The van der Waals surface area contributed by atoms with Gasteiger partial charge in [0.1, 0.15) is 6.61 Å². The second-order valence-electron chi connectivity index (χ2n) is 5.12. The fraction of sp³-hybridized carbons (Fsp3) is 0.941. The number of hydrogen-bond donors (Lipinski definition) is 3. The smallest absolute Gasteiger partial charge is 0.438 e. The van der Waals surface area contributed by atoms with E-state index in [9.17, 15) is 4.79 Å². The lowest BCUT2D eigenvalue weighted by molar-refractivity contribution is -0.00922. The van der Waals surface area contributed by atoms with Gasteiger partial charge in [0.05, 0.1) is 92.5 Å². The van der Waals surface area contributed by atoms with Crippen molar-refractivity contribution >= 4 is 6.16 Å². The standard InChI is InChI=1S/C9H20O5.C8H16O6/c1-9(11)8-14-7-6-13-5-4-12-3-2-10;1-11-8(10)14-7-6-13-5-4-12-3-2-9/h9-11H,2-8H2,1H3;9H,2-7H2,1H3. The van der Waals surface area contributed by atoms with Gasteiger partial charge in [0.25, 0.3) is 0 Å². The molecule has 28 heavy (non-hydrogen) atoms. The first-order valence-corrected chi connectivity index (χ1v) is 9.07. The number of carbonyl (C=O) groups is 1. The van der Waals surface area contributed by atoms with E-state index in [-0.39, 0.29) is 19.8 Å². The fourth-order valence-electron chi connectivity index (χ4n) is 1.39. The number of hydrogen-bond acceptors (Lipinski definition) is 11. The average molecular weight is 416 g/mol. The molecule has 0 aliphatic carbocycles. The predicted molar refractivity (Wildman–Crippen MR) is 98.3 cm³/mol. The van der Waals surface area contributed by atoms with E-state index in [4.69, 9.17) is 39.0 Å². The van der Waals surface area contributed by atoms with Crippen molar-refractivity contribution in [3.8, 4) is 0 Å². The summed E-state index contributed by atoms with van der Waals surface area (Å²) < 4.78 is 33.9. The molecule has 0 radical (unpaired) electrons. The van der Waals surface area contributed by atoms with Crippen LogP contribution in [0.5, 0.6) is 0 Å². The lowest BCUT2D eigenvalue weighted by atomic mass is 10.4. The summed E-state index contributed by atoms with van der Waals surface area (Å²) in [5.41, 5.74) is 0. The Morgan fingerprint density at radius 1 is 0.714 bits per heavy atom. The van der Waals surface area contributed by atoms with Crippen molar-refractivity contribution in [1.29, 1.82) is 0 Å². The second kappa shape index (κ2) is 26.0. The summed E-state index contributed by atoms with van der Waals surface area (Å²) in [6, 6.07) is 0. The van der Waals surface area contributed by atoms with Crippen molar-refractivity contribution in [2.45, 2.75) is 13.0 Å². The van der Waals surface area contributed by atoms with Gasteiger partial charge in [-0.3, -0.25) is 0 Å². The summed E-state index contributed by atoms with van der Waals surface area (Å²) in [5.74, 6) is 0. The maximum atomic E-state index is 10.4. The molecule has 0 bridgehead atoms. The largest absolute Gasteiger partial charge is 0.508 e. The Hall–Kier alpha value is -1.05. The number of rotatable bonds is 18. The highest BCUT2D eigenvalue weighted by Crippen LogP contribution is 1.85. The van der Waals surface area contributed by atoms with Crippen LogP contribution >= 0.6 is 0 Å². The van der Waals surface area contributed by atoms with Crippen LogP contribution in [0.4, 0.5) is 4.79 Å². The van der Waals surface area contributed by atoms with E-state index in [2.05, 4.69) is 9.47 Å². The molecule has 0 fully saturated rings. The number of carbonyl (C=O) groups excluding carboxylic acids is 1. The van der Waals surface area contributed by atoms with Crippen LogP contribution in [-0.2, 0) is 33.2 Å². The van der Waals surface area contributed by atoms with Crippen LogP contribution in [0.25, 0.3) is 0 Å². The maximum Gasteiger partial charge on any atom is 0.508 e. The SMILES string of the molecule is CC(O)COCCOCCOCCO.COC(=O)OCCOCCOCCO. The first-order valence-electron chi connectivity index (χ1n) is 9.07. The summed E-state index contributed by atoms with van der Waals surface area (Å²) in [6.07, 6.45) is -1.15. The summed E-state index contributed by atoms with van der Waals surface area (Å²) in [6.45, 7) is 5.95. The van der Waals surface area contributed by atoms with E-state index in [0.29, 0.717) is 66.1 Å². The zero-order valence-electron chi connectivity index (χ0n) is 16.9. The highest BCUT2D eigenvalue weighted by molar-refractivity contribution is 5.59. The van der Waals surface area contributed by atoms with Crippen LogP contribution < -0.4 is 0 Å². The van der Waals surface area contributed by atoms with Crippen LogP contribution in [0.2, 0.25) is 0 Å². The minimum absolute atomic E-state index is 0.00541. The Morgan fingerprint density at radius 3 is 1.50 bits per heavy atom. The minimum Gasteiger partial charge on any atom is -0.438 e. The molecule has 0 aromatic rings. The van der Waals surface area contributed by atoms with Gasteiger partial charge in [-0.1, -0.05) is 0 Å². The van der Waals surface area contributed by atoms with Crippen LogP contribution in [0.3, 0.4) is 0 Å². The molecular formula is C17H36O11. The third-order valence-corrected chi connectivity index (χ3v) is 2.56. The molecule has 0 aliphatic rings. The van der Waals surface area contributed by atoms with Gasteiger partial charge in [0, 0.05) is 0 Å². The highest BCUT2D eigenvalue weighted by atomic mass is 16.7. The molecule has 0 heterocycles. The zero-order chi connectivity index (χ0) is 21.3. The molecule has 0 aliphatic heterocycles. The number of methoxy groups -OCH3 is 1. The fourth-order valence-corrected chi connectivity index (χ4v) is 1.39. The van der Waals surface area contributed by atoms with Gasteiger partial charge in [-0.2, -0.15) is 0 Å². The van der Waals surface area contributed by atoms with E-state index < -0.39 is 12.3 Å². The van der Waals surface area contributed by atoms with Crippen LogP contribution in [0.15, 0.2) is 0 Å². The van der Waals surface area contributed by atoms with Crippen LogP contribution in [-0.4, -0.2) is 121 Å². The molecule has 0 rings (SSSR count). The van der Waals surface area contributed by atoms with E-state index >= 15 is 0 Å². The average Bonchev–Trinajstić information content (AvgIpc) is 2.68. The highest BCUT2D eigenvalue weighted by Gasteiger charge is 1.98. The van der Waals surface area contributed by atoms with Gasteiger partial charge in [-0.25, -0.2) is 4.79 Å². The number of aliphatic hydroxyl groups excluding tert-OH is 3. The van der Waals surface area contributed by atoms with Crippen molar-refractivity contribution in [2.75, 3.05) is 93.0 Å². The van der Waals surface area contributed by atoms with Crippen molar-refractivity contribution in [3.63, 3.8) is 0 Å². The monoisotopic (exact) mass is 416 g/mol. The normalized spacial score (nSPS) is 11.5. The third-order valence-electron chi connectivity index (χ3n) is 2.56.